The number of benzene rings is 1. The summed E-state index contributed by atoms with van der Waals surface area (Å²) in [6.45, 7) is 15.2. The van der Waals surface area contributed by atoms with Gasteiger partial charge in [-0.05, 0) is 45.4 Å². The number of likely N-dealkylation sites (N-methyl/N-ethyl adjacent to an activating group) is 1. The zero-order valence-electron chi connectivity index (χ0n) is 16.9. The Balaban J connectivity index is 2.16. The van der Waals surface area contributed by atoms with Gasteiger partial charge in [0.2, 0.25) is 0 Å². The summed E-state index contributed by atoms with van der Waals surface area (Å²) in [6, 6.07) is 8.68. The Hall–Kier alpha value is -2.14. The highest BCUT2D eigenvalue weighted by Crippen LogP contribution is 2.23. The van der Waals surface area contributed by atoms with Crippen molar-refractivity contribution in [2.75, 3.05) is 19.6 Å². The first-order valence-electron chi connectivity index (χ1n) is 9.52. The molecule has 0 saturated heterocycles. The molecule has 1 heterocycles. The quantitative estimate of drug-likeness (QED) is 0.783. The molecule has 0 fully saturated rings. The summed E-state index contributed by atoms with van der Waals surface area (Å²) in [6.07, 6.45) is 1.69. The van der Waals surface area contributed by atoms with Crippen LogP contribution in [0.4, 0.5) is 0 Å². The van der Waals surface area contributed by atoms with Crippen LogP contribution in [-0.4, -0.2) is 46.3 Å². The number of carbonyl (C=O) groups is 1. The van der Waals surface area contributed by atoms with E-state index in [1.54, 1.807) is 6.20 Å². The Morgan fingerprint density at radius 3 is 2.38 bits per heavy atom. The molecule has 1 amide bonds. The monoisotopic (exact) mass is 356 g/mol. The van der Waals surface area contributed by atoms with Gasteiger partial charge in [-0.3, -0.25) is 9.69 Å². The molecular formula is C21H32N4O. The first kappa shape index (κ1) is 20.2. The van der Waals surface area contributed by atoms with E-state index >= 15 is 0 Å². The number of aromatic nitrogens is 2. The molecule has 0 atom stereocenters. The molecule has 0 aliphatic carbocycles. The highest BCUT2D eigenvalue weighted by atomic mass is 16.1. The van der Waals surface area contributed by atoms with Gasteiger partial charge >= 0.3 is 0 Å². The van der Waals surface area contributed by atoms with Gasteiger partial charge in [-0.15, -0.1) is 0 Å². The molecule has 1 aromatic carbocycles. The maximum Gasteiger partial charge on any atom is 0.254 e. The van der Waals surface area contributed by atoms with Crippen LogP contribution in [0.1, 0.15) is 62.2 Å². The van der Waals surface area contributed by atoms with Gasteiger partial charge in [0.25, 0.3) is 5.91 Å². The molecule has 2 aromatic rings. The number of rotatable bonds is 8. The van der Waals surface area contributed by atoms with Gasteiger partial charge in [0.15, 0.2) is 0 Å². The average Bonchev–Trinajstić information content (AvgIpc) is 3.04. The van der Waals surface area contributed by atoms with Crippen molar-refractivity contribution in [2.24, 2.45) is 0 Å². The van der Waals surface area contributed by atoms with Gasteiger partial charge in [0, 0.05) is 19.1 Å². The van der Waals surface area contributed by atoms with Gasteiger partial charge in [-0.1, -0.05) is 38.5 Å². The van der Waals surface area contributed by atoms with Crippen molar-refractivity contribution < 1.29 is 4.79 Å². The standard InChI is InChI=1S/C21H32N4O/c1-7-24(16(4)5)13-12-22-21(26)19-14-23-25(20(19)15(2)3)18-10-8-17(6)9-11-18/h8-11,14-16H,7,12-13H2,1-6H3,(H,22,26). The van der Waals surface area contributed by atoms with Crippen LogP contribution in [-0.2, 0) is 0 Å². The molecule has 0 radical (unpaired) electrons. The van der Waals surface area contributed by atoms with Gasteiger partial charge < -0.3 is 5.32 Å². The van der Waals surface area contributed by atoms with Crippen molar-refractivity contribution in [1.29, 1.82) is 0 Å². The van der Waals surface area contributed by atoms with Crippen LogP contribution in [0, 0.1) is 6.92 Å². The van der Waals surface area contributed by atoms with Gasteiger partial charge in [-0.25, -0.2) is 4.68 Å². The van der Waals surface area contributed by atoms with E-state index in [1.165, 1.54) is 5.56 Å². The van der Waals surface area contributed by atoms with Gasteiger partial charge in [0.1, 0.15) is 0 Å². The minimum Gasteiger partial charge on any atom is -0.351 e. The SMILES string of the molecule is CCN(CCNC(=O)c1cnn(-c2ccc(C)cc2)c1C(C)C)C(C)C. The molecule has 2 rings (SSSR count). The third-order valence-corrected chi connectivity index (χ3v) is 4.70. The fourth-order valence-corrected chi connectivity index (χ4v) is 3.17. The number of hydrogen-bond acceptors (Lipinski definition) is 3. The summed E-state index contributed by atoms with van der Waals surface area (Å²) in [5.74, 6) is 0.147. The van der Waals surface area contributed by atoms with Crippen LogP contribution in [0.5, 0.6) is 0 Å². The lowest BCUT2D eigenvalue weighted by Gasteiger charge is -2.24. The maximum absolute atomic E-state index is 12.7. The minimum atomic E-state index is -0.0492. The number of carbonyl (C=O) groups excluding carboxylic acids is 1. The first-order valence-corrected chi connectivity index (χ1v) is 9.52. The molecule has 0 saturated carbocycles. The molecular weight excluding hydrogens is 324 g/mol. The largest absolute Gasteiger partial charge is 0.351 e. The fraction of sp³-hybridized carbons (Fsp3) is 0.524. The Morgan fingerprint density at radius 1 is 1.19 bits per heavy atom. The summed E-state index contributed by atoms with van der Waals surface area (Å²) in [7, 11) is 0. The Kier molecular flexibility index (Phi) is 6.98. The van der Waals surface area contributed by atoms with Crippen LogP contribution >= 0.6 is 0 Å². The zero-order chi connectivity index (χ0) is 19.3. The summed E-state index contributed by atoms with van der Waals surface area (Å²) >= 11 is 0. The van der Waals surface area contributed by atoms with E-state index < -0.39 is 0 Å². The van der Waals surface area contributed by atoms with Crippen molar-refractivity contribution >= 4 is 5.91 Å². The lowest BCUT2D eigenvalue weighted by Crippen LogP contribution is -2.38. The number of aryl methyl sites for hydroxylation is 1. The van der Waals surface area contributed by atoms with Gasteiger partial charge in [0.05, 0.1) is 23.1 Å². The first-order chi connectivity index (χ1) is 12.3. The third-order valence-electron chi connectivity index (χ3n) is 4.70. The third kappa shape index (κ3) is 4.73. The molecule has 1 aromatic heterocycles. The Labute approximate surface area is 157 Å². The van der Waals surface area contributed by atoms with Crippen LogP contribution in [0.2, 0.25) is 0 Å². The normalized spacial score (nSPS) is 11.6. The topological polar surface area (TPSA) is 50.2 Å². The zero-order valence-corrected chi connectivity index (χ0v) is 16.9. The smallest absolute Gasteiger partial charge is 0.254 e. The number of hydrogen-bond donors (Lipinski definition) is 1. The second kappa shape index (κ2) is 8.99. The van der Waals surface area contributed by atoms with E-state index in [9.17, 15) is 4.79 Å². The molecule has 5 heteroatoms. The molecule has 0 bridgehead atoms. The number of amides is 1. The van der Waals surface area contributed by atoms with Crippen LogP contribution in [0.3, 0.4) is 0 Å². The van der Waals surface area contributed by atoms with E-state index in [1.807, 2.05) is 16.8 Å². The molecule has 26 heavy (non-hydrogen) atoms. The van der Waals surface area contributed by atoms with Crippen LogP contribution in [0.15, 0.2) is 30.5 Å². The maximum atomic E-state index is 12.7. The van der Waals surface area contributed by atoms with Gasteiger partial charge in [-0.2, -0.15) is 5.10 Å². The van der Waals surface area contributed by atoms with E-state index in [0.29, 0.717) is 18.2 Å². The Morgan fingerprint density at radius 2 is 1.85 bits per heavy atom. The summed E-state index contributed by atoms with van der Waals surface area (Å²) in [4.78, 5) is 15.1. The van der Waals surface area contributed by atoms with E-state index in [4.69, 9.17) is 0 Å². The van der Waals surface area contributed by atoms with Crippen molar-refractivity contribution in [1.82, 2.24) is 20.0 Å². The van der Waals surface area contributed by atoms with E-state index in [2.05, 4.69) is 69.0 Å². The summed E-state index contributed by atoms with van der Waals surface area (Å²) in [5, 5.41) is 7.55. The summed E-state index contributed by atoms with van der Waals surface area (Å²) in [5.41, 5.74) is 3.79. The lowest BCUT2D eigenvalue weighted by molar-refractivity contribution is 0.0944. The summed E-state index contributed by atoms with van der Waals surface area (Å²) < 4.78 is 1.88. The lowest BCUT2D eigenvalue weighted by atomic mass is 10.0. The predicted molar refractivity (Wildman–Crippen MR) is 107 cm³/mol. The van der Waals surface area contributed by atoms with Crippen molar-refractivity contribution in [3.05, 3.63) is 47.3 Å². The molecule has 1 N–H and O–H groups in total. The van der Waals surface area contributed by atoms with Crippen LogP contribution in [0.25, 0.3) is 5.69 Å². The second-order valence-corrected chi connectivity index (χ2v) is 7.32. The van der Waals surface area contributed by atoms with Crippen molar-refractivity contribution in [3.63, 3.8) is 0 Å². The van der Waals surface area contributed by atoms with Crippen LogP contribution < -0.4 is 5.32 Å². The second-order valence-electron chi connectivity index (χ2n) is 7.32. The molecule has 142 valence electrons. The molecule has 0 spiro atoms. The Bertz CT molecular complexity index is 716. The molecule has 0 unspecified atom stereocenters. The van der Waals surface area contributed by atoms with Crippen molar-refractivity contribution in [2.45, 2.75) is 53.5 Å². The van der Waals surface area contributed by atoms with E-state index in [0.717, 1.165) is 24.5 Å². The number of nitrogens with zero attached hydrogens (tertiary/aromatic N) is 3. The molecule has 5 nitrogen and oxygen atoms in total. The highest BCUT2D eigenvalue weighted by Gasteiger charge is 2.21. The predicted octanol–water partition coefficient (Wildman–Crippen LogP) is 3.76. The minimum absolute atomic E-state index is 0.0492. The molecule has 0 aliphatic rings. The highest BCUT2D eigenvalue weighted by molar-refractivity contribution is 5.95. The van der Waals surface area contributed by atoms with E-state index in [-0.39, 0.29) is 11.8 Å². The average molecular weight is 357 g/mol. The number of nitrogens with one attached hydrogen (secondary N) is 1. The fourth-order valence-electron chi connectivity index (χ4n) is 3.17. The van der Waals surface area contributed by atoms with Crippen molar-refractivity contribution in [3.8, 4) is 5.69 Å². The molecule has 0 aliphatic heterocycles.